The van der Waals surface area contributed by atoms with Crippen molar-refractivity contribution in [2.24, 2.45) is 0 Å². The number of hydrogen-bond acceptors (Lipinski definition) is 6. The van der Waals surface area contributed by atoms with Crippen LogP contribution in [0.3, 0.4) is 0 Å². The summed E-state index contributed by atoms with van der Waals surface area (Å²) >= 11 is 0. The molecule has 0 aliphatic carbocycles. The molecule has 1 aliphatic rings. The lowest BCUT2D eigenvalue weighted by Gasteiger charge is -2.23. The quantitative estimate of drug-likeness (QED) is 0.661. The molecule has 7 nitrogen and oxygen atoms in total. The van der Waals surface area contributed by atoms with Crippen LogP contribution >= 0.6 is 0 Å². The Labute approximate surface area is 197 Å². The fourth-order valence-electron chi connectivity index (χ4n) is 3.34. The van der Waals surface area contributed by atoms with Crippen molar-refractivity contribution in [2.75, 3.05) is 78.0 Å². The molecule has 0 spiro atoms. The van der Waals surface area contributed by atoms with Crippen LogP contribution in [-0.2, 0) is 25.5 Å². The van der Waals surface area contributed by atoms with E-state index in [9.17, 15) is 0 Å². The molecule has 180 valence electrons. The van der Waals surface area contributed by atoms with Crippen LogP contribution in [0.25, 0.3) is 12.2 Å². The van der Waals surface area contributed by atoms with Gasteiger partial charge in [0.15, 0.2) is 12.4 Å². The molecule has 0 atom stereocenters. The van der Waals surface area contributed by atoms with Crippen molar-refractivity contribution >= 4 is 17.8 Å². The lowest BCUT2D eigenvalue weighted by atomic mass is 10.1. The van der Waals surface area contributed by atoms with Crippen molar-refractivity contribution in [3.8, 4) is 5.75 Å². The molecule has 0 unspecified atom stereocenters. The molecule has 2 aromatic rings. The van der Waals surface area contributed by atoms with Crippen molar-refractivity contribution in [3.63, 3.8) is 0 Å². The number of anilines is 1. The van der Waals surface area contributed by atoms with Gasteiger partial charge in [0.2, 0.25) is 0 Å². The maximum Gasteiger partial charge on any atom is 0.169 e. The van der Waals surface area contributed by atoms with E-state index in [4.69, 9.17) is 23.7 Å². The predicted octanol–water partition coefficient (Wildman–Crippen LogP) is 3.06. The summed E-state index contributed by atoms with van der Waals surface area (Å²) in [5, 5.41) is 0. The topological polar surface area (TPSA) is 53.3 Å². The third-order valence-electron chi connectivity index (χ3n) is 5.32. The van der Waals surface area contributed by atoms with Crippen molar-refractivity contribution in [2.45, 2.75) is 13.5 Å². The molecule has 0 fully saturated rings. The summed E-state index contributed by atoms with van der Waals surface area (Å²) in [4.78, 5) is 2.15. The average molecular weight is 458 g/mol. The number of benzene rings is 1. The Morgan fingerprint density at radius 3 is 1.97 bits per heavy atom. The number of ether oxygens (including phenoxy) is 5. The third kappa shape index (κ3) is 9.14. The molecule has 0 N–H and O–H groups in total. The first kappa shape index (κ1) is 25.2. The third-order valence-corrected chi connectivity index (χ3v) is 5.32. The Hall–Kier alpha value is -2.45. The summed E-state index contributed by atoms with van der Waals surface area (Å²) in [7, 11) is 2.05. The summed E-state index contributed by atoms with van der Waals surface area (Å²) in [5.74, 6) is 0.834. The zero-order valence-electron chi connectivity index (χ0n) is 19.9. The van der Waals surface area contributed by atoms with Crippen molar-refractivity contribution in [1.29, 1.82) is 0 Å². The first-order valence-corrected chi connectivity index (χ1v) is 11.7. The van der Waals surface area contributed by atoms with E-state index in [1.807, 2.05) is 0 Å². The first-order valence-electron chi connectivity index (χ1n) is 11.7. The molecular formula is C26H37N2O5+. The van der Waals surface area contributed by atoms with Gasteiger partial charge in [0.05, 0.1) is 58.5 Å². The van der Waals surface area contributed by atoms with Crippen molar-refractivity contribution < 1.29 is 28.3 Å². The summed E-state index contributed by atoms with van der Waals surface area (Å²) in [6.07, 6.45) is 8.41. The Balaban J connectivity index is 1.67. The van der Waals surface area contributed by atoms with Gasteiger partial charge in [-0.05, 0) is 30.2 Å². The Kier molecular flexibility index (Phi) is 11.2. The lowest BCUT2D eigenvalue weighted by molar-refractivity contribution is -0.693. The Morgan fingerprint density at radius 2 is 1.33 bits per heavy atom. The van der Waals surface area contributed by atoms with E-state index in [0.717, 1.165) is 35.7 Å². The maximum absolute atomic E-state index is 6.12. The molecule has 2 heterocycles. The number of pyridine rings is 1. The van der Waals surface area contributed by atoms with Crippen LogP contribution in [0.5, 0.6) is 5.75 Å². The zero-order chi connectivity index (χ0) is 23.1. The number of hydrogen-bond donors (Lipinski definition) is 0. The Bertz CT molecular complexity index is 841. The molecule has 0 saturated heterocycles. The minimum atomic E-state index is 0.476. The summed E-state index contributed by atoms with van der Waals surface area (Å²) < 4.78 is 30.6. The molecule has 3 rings (SSSR count). The molecule has 33 heavy (non-hydrogen) atoms. The number of fused-ring (bicyclic) bond motifs is 1. The summed E-state index contributed by atoms with van der Waals surface area (Å²) in [5.41, 5.74) is 3.27. The van der Waals surface area contributed by atoms with E-state index in [2.05, 4.69) is 78.3 Å². The summed E-state index contributed by atoms with van der Waals surface area (Å²) in [6.45, 7) is 8.81. The van der Waals surface area contributed by atoms with E-state index in [0.29, 0.717) is 59.5 Å². The zero-order valence-corrected chi connectivity index (χ0v) is 19.9. The predicted molar refractivity (Wildman–Crippen MR) is 130 cm³/mol. The van der Waals surface area contributed by atoms with Crippen LogP contribution < -0.4 is 14.2 Å². The van der Waals surface area contributed by atoms with Gasteiger partial charge in [0.1, 0.15) is 18.9 Å². The van der Waals surface area contributed by atoms with E-state index < -0.39 is 0 Å². The second-order valence-electron chi connectivity index (χ2n) is 7.74. The van der Waals surface area contributed by atoms with E-state index in [1.54, 1.807) is 0 Å². The highest BCUT2D eigenvalue weighted by Gasteiger charge is 2.10. The highest BCUT2D eigenvalue weighted by Crippen LogP contribution is 2.29. The van der Waals surface area contributed by atoms with E-state index in [1.165, 1.54) is 0 Å². The highest BCUT2D eigenvalue weighted by atomic mass is 16.6. The number of rotatable bonds is 3. The molecule has 7 heteroatoms. The van der Waals surface area contributed by atoms with Gasteiger partial charge in [0, 0.05) is 25.7 Å². The fraction of sp³-hybridized carbons (Fsp3) is 0.500. The van der Waals surface area contributed by atoms with Crippen molar-refractivity contribution in [1.82, 2.24) is 0 Å². The number of aromatic nitrogens is 1. The van der Waals surface area contributed by atoms with Crippen LogP contribution in [0.4, 0.5) is 5.69 Å². The van der Waals surface area contributed by atoms with Gasteiger partial charge in [-0.3, -0.25) is 0 Å². The molecular weight excluding hydrogens is 420 g/mol. The van der Waals surface area contributed by atoms with Crippen LogP contribution in [0.2, 0.25) is 0 Å². The number of likely N-dealkylation sites (N-methyl/N-ethyl adjacent to an activating group) is 1. The largest absolute Gasteiger partial charge is 0.489 e. The summed E-state index contributed by atoms with van der Waals surface area (Å²) in [6, 6.07) is 10.5. The molecule has 1 aromatic carbocycles. The highest BCUT2D eigenvalue weighted by molar-refractivity contribution is 5.72. The molecule has 0 saturated carbocycles. The van der Waals surface area contributed by atoms with E-state index in [-0.39, 0.29) is 0 Å². The van der Waals surface area contributed by atoms with Gasteiger partial charge in [-0.25, -0.2) is 4.57 Å². The number of aryl methyl sites for hydroxylation is 1. The van der Waals surface area contributed by atoms with Gasteiger partial charge in [-0.1, -0.05) is 18.2 Å². The minimum Gasteiger partial charge on any atom is -0.489 e. The van der Waals surface area contributed by atoms with Crippen LogP contribution in [0.1, 0.15) is 18.1 Å². The van der Waals surface area contributed by atoms with Gasteiger partial charge >= 0.3 is 0 Å². The van der Waals surface area contributed by atoms with Gasteiger partial charge < -0.3 is 28.6 Å². The molecule has 1 aliphatic heterocycles. The van der Waals surface area contributed by atoms with Crippen LogP contribution in [0, 0.1) is 0 Å². The smallest absolute Gasteiger partial charge is 0.169 e. The standard InChI is InChI=1S/C26H37N2O5/c1-3-28-10-8-23(9-11-28)4-5-24-6-7-25-26(22-24)33-21-20-32-19-18-31-17-16-30-15-14-29-13-12-27(25)2/h4-11,22H,3,12-21H2,1-2H3/q+1. The van der Waals surface area contributed by atoms with Gasteiger partial charge in [-0.15, -0.1) is 0 Å². The van der Waals surface area contributed by atoms with Crippen molar-refractivity contribution in [3.05, 3.63) is 53.9 Å². The Morgan fingerprint density at radius 1 is 0.758 bits per heavy atom. The van der Waals surface area contributed by atoms with Crippen LogP contribution in [0.15, 0.2) is 42.7 Å². The molecule has 1 aromatic heterocycles. The van der Waals surface area contributed by atoms with Gasteiger partial charge in [-0.2, -0.15) is 0 Å². The lowest BCUT2D eigenvalue weighted by Crippen LogP contribution is -2.30. The maximum atomic E-state index is 6.12. The first-order chi connectivity index (χ1) is 16.3. The molecule has 0 amide bonds. The van der Waals surface area contributed by atoms with E-state index >= 15 is 0 Å². The normalized spacial score (nSPS) is 17.7. The van der Waals surface area contributed by atoms with Gasteiger partial charge in [0.25, 0.3) is 0 Å². The average Bonchev–Trinajstić information content (AvgIpc) is 2.85. The monoisotopic (exact) mass is 457 g/mol. The molecule has 0 radical (unpaired) electrons. The number of nitrogens with zero attached hydrogens (tertiary/aromatic N) is 2. The second-order valence-corrected chi connectivity index (χ2v) is 7.74. The second kappa shape index (κ2) is 14.6. The van der Waals surface area contributed by atoms with Crippen LogP contribution in [-0.4, -0.2) is 73.1 Å². The SMILES string of the molecule is CC[n+]1ccc(/C=C/c2ccc3c(c2)OCCOCCOCCOCCOCCN3C)cc1. The minimum absolute atomic E-state index is 0.476. The molecule has 0 bridgehead atoms. The fourth-order valence-corrected chi connectivity index (χ4v) is 3.34.